The molecule has 39 heavy (non-hydrogen) atoms. The number of anilines is 3. The molecule has 0 aliphatic heterocycles. The molecule has 0 amide bonds. The van der Waals surface area contributed by atoms with Gasteiger partial charge in [-0.15, -0.1) is 0 Å². The summed E-state index contributed by atoms with van der Waals surface area (Å²) in [5.74, 6) is 0. The highest BCUT2D eigenvalue weighted by Crippen LogP contribution is 2.37. The van der Waals surface area contributed by atoms with Crippen LogP contribution >= 0.6 is 0 Å². The van der Waals surface area contributed by atoms with Crippen LogP contribution in [0.15, 0.2) is 152 Å². The number of nitrogens with zero attached hydrogens (tertiary/aromatic N) is 1. The van der Waals surface area contributed by atoms with Gasteiger partial charge in [-0.05, 0) is 83.6 Å². The lowest BCUT2D eigenvalue weighted by molar-refractivity contribution is 1.28. The highest BCUT2D eigenvalue weighted by atomic mass is 15.1. The zero-order valence-electron chi connectivity index (χ0n) is 22.4. The molecular weight excluding hydrogens is 470 g/mol. The second kappa shape index (κ2) is 10.8. The number of benzene rings is 6. The Kier molecular flexibility index (Phi) is 6.80. The van der Waals surface area contributed by atoms with Crippen LogP contribution in [0.3, 0.4) is 0 Å². The summed E-state index contributed by atoms with van der Waals surface area (Å²) in [4.78, 5) is 2.33. The van der Waals surface area contributed by atoms with Crippen LogP contribution in [0.2, 0.25) is 0 Å². The first-order valence-corrected chi connectivity index (χ1v) is 13.4. The van der Waals surface area contributed by atoms with Gasteiger partial charge in [0, 0.05) is 17.1 Å². The van der Waals surface area contributed by atoms with E-state index in [-0.39, 0.29) is 0 Å². The maximum absolute atomic E-state index is 2.33. The Bertz CT molecular complexity index is 1560. The Balaban J connectivity index is 1.39. The zero-order valence-corrected chi connectivity index (χ0v) is 22.4. The van der Waals surface area contributed by atoms with E-state index in [1.807, 2.05) is 0 Å². The molecule has 6 rings (SSSR count). The maximum Gasteiger partial charge on any atom is 0.0462 e. The van der Waals surface area contributed by atoms with Crippen molar-refractivity contribution in [3.63, 3.8) is 0 Å². The van der Waals surface area contributed by atoms with Gasteiger partial charge in [0.25, 0.3) is 0 Å². The first-order valence-electron chi connectivity index (χ1n) is 13.4. The van der Waals surface area contributed by atoms with Gasteiger partial charge >= 0.3 is 0 Å². The highest BCUT2D eigenvalue weighted by molar-refractivity contribution is 5.81. The molecule has 0 aliphatic carbocycles. The van der Waals surface area contributed by atoms with E-state index in [2.05, 4.69) is 170 Å². The van der Waals surface area contributed by atoms with E-state index < -0.39 is 0 Å². The van der Waals surface area contributed by atoms with E-state index in [0.717, 1.165) is 17.1 Å². The van der Waals surface area contributed by atoms with Crippen molar-refractivity contribution in [2.75, 3.05) is 4.90 Å². The number of hydrogen-bond acceptors (Lipinski definition) is 1. The van der Waals surface area contributed by atoms with Crippen molar-refractivity contribution in [3.05, 3.63) is 163 Å². The van der Waals surface area contributed by atoms with Gasteiger partial charge in [0.2, 0.25) is 0 Å². The third-order valence-electron chi connectivity index (χ3n) is 7.15. The van der Waals surface area contributed by atoms with Gasteiger partial charge in [-0.25, -0.2) is 0 Å². The van der Waals surface area contributed by atoms with Gasteiger partial charge < -0.3 is 4.90 Å². The summed E-state index contributed by atoms with van der Waals surface area (Å²) < 4.78 is 0. The minimum absolute atomic E-state index is 1.13. The van der Waals surface area contributed by atoms with Crippen LogP contribution in [-0.4, -0.2) is 0 Å². The fourth-order valence-corrected chi connectivity index (χ4v) is 5.26. The van der Waals surface area contributed by atoms with Crippen LogP contribution in [-0.2, 0) is 0 Å². The third-order valence-corrected chi connectivity index (χ3v) is 7.15. The summed E-state index contributed by atoms with van der Waals surface area (Å²) in [5.41, 5.74) is 13.3. The lowest BCUT2D eigenvalue weighted by Crippen LogP contribution is -2.09. The van der Waals surface area contributed by atoms with Crippen molar-refractivity contribution < 1.29 is 0 Å². The van der Waals surface area contributed by atoms with E-state index in [9.17, 15) is 0 Å². The molecule has 0 bridgehead atoms. The molecule has 0 fully saturated rings. The summed E-state index contributed by atoms with van der Waals surface area (Å²) in [7, 11) is 0. The molecule has 0 atom stereocenters. The molecule has 0 saturated heterocycles. The van der Waals surface area contributed by atoms with Crippen LogP contribution in [0.25, 0.3) is 33.4 Å². The minimum Gasteiger partial charge on any atom is -0.311 e. The van der Waals surface area contributed by atoms with Crippen LogP contribution in [0, 0.1) is 13.8 Å². The quantitative estimate of drug-likeness (QED) is 0.219. The molecule has 6 aromatic carbocycles. The molecule has 0 unspecified atom stereocenters. The third kappa shape index (κ3) is 5.39. The summed E-state index contributed by atoms with van der Waals surface area (Å²) >= 11 is 0. The molecular formula is C38H31N. The van der Waals surface area contributed by atoms with Crippen LogP contribution in [0.5, 0.6) is 0 Å². The normalized spacial score (nSPS) is 10.8. The zero-order chi connectivity index (χ0) is 26.6. The van der Waals surface area contributed by atoms with E-state index in [0.29, 0.717) is 0 Å². The van der Waals surface area contributed by atoms with Gasteiger partial charge in [-0.1, -0.05) is 126 Å². The molecule has 1 nitrogen and oxygen atoms in total. The summed E-state index contributed by atoms with van der Waals surface area (Å²) in [6, 6.07) is 54.4. The molecule has 0 radical (unpaired) electrons. The molecule has 0 aromatic heterocycles. The number of hydrogen-bond donors (Lipinski definition) is 0. The van der Waals surface area contributed by atoms with E-state index in [4.69, 9.17) is 0 Å². The molecule has 1 heteroatoms. The Morgan fingerprint density at radius 3 is 0.974 bits per heavy atom. The van der Waals surface area contributed by atoms with Gasteiger partial charge in [0.15, 0.2) is 0 Å². The van der Waals surface area contributed by atoms with Crippen molar-refractivity contribution in [2.45, 2.75) is 13.8 Å². The fraction of sp³-hybridized carbons (Fsp3) is 0.0526. The average Bonchev–Trinajstić information content (AvgIpc) is 2.99. The fourth-order valence-electron chi connectivity index (χ4n) is 5.26. The monoisotopic (exact) mass is 501 g/mol. The van der Waals surface area contributed by atoms with E-state index in [1.165, 1.54) is 44.5 Å². The largest absolute Gasteiger partial charge is 0.311 e. The van der Waals surface area contributed by atoms with E-state index >= 15 is 0 Å². The summed E-state index contributed by atoms with van der Waals surface area (Å²) in [5, 5.41) is 0. The summed E-state index contributed by atoms with van der Waals surface area (Å²) in [6.07, 6.45) is 0. The lowest BCUT2D eigenvalue weighted by Gasteiger charge is -2.26. The Morgan fingerprint density at radius 2 is 0.615 bits per heavy atom. The second-order valence-electron chi connectivity index (χ2n) is 10.1. The SMILES string of the molecule is Cc1cc(C)cc(-c2ccc(N(c3ccc(-c4ccccc4)cc3)c3ccc(-c4ccccc4)cc3)cc2)c1. The predicted octanol–water partition coefficient (Wildman–Crippen LogP) is 10.8. The van der Waals surface area contributed by atoms with Crippen LogP contribution in [0.1, 0.15) is 11.1 Å². The topological polar surface area (TPSA) is 3.24 Å². The van der Waals surface area contributed by atoms with Crippen molar-refractivity contribution in [1.82, 2.24) is 0 Å². The maximum atomic E-state index is 2.33. The van der Waals surface area contributed by atoms with Gasteiger partial charge in [0.05, 0.1) is 0 Å². The molecule has 188 valence electrons. The van der Waals surface area contributed by atoms with Crippen molar-refractivity contribution in [1.29, 1.82) is 0 Å². The van der Waals surface area contributed by atoms with Gasteiger partial charge in [-0.2, -0.15) is 0 Å². The van der Waals surface area contributed by atoms with Gasteiger partial charge in [0.1, 0.15) is 0 Å². The molecule has 0 spiro atoms. The number of aryl methyl sites for hydroxylation is 2. The molecule has 6 aromatic rings. The molecule has 0 aliphatic rings. The first-order chi connectivity index (χ1) is 19.1. The van der Waals surface area contributed by atoms with Crippen LogP contribution in [0.4, 0.5) is 17.1 Å². The smallest absolute Gasteiger partial charge is 0.0462 e. The Morgan fingerprint density at radius 1 is 0.308 bits per heavy atom. The summed E-state index contributed by atoms with van der Waals surface area (Å²) in [6.45, 7) is 4.32. The predicted molar refractivity (Wildman–Crippen MR) is 167 cm³/mol. The Hall–Kier alpha value is -4.88. The standard InChI is InChI=1S/C38H31N/c1-28-25-29(2)27-35(26-28)34-17-23-38(24-18-34)39(36-19-13-32(14-20-36)30-9-5-3-6-10-30)37-21-15-33(16-22-37)31-11-7-4-8-12-31/h3-27H,1-2H3. The van der Waals surface area contributed by atoms with Crippen molar-refractivity contribution in [2.24, 2.45) is 0 Å². The first kappa shape index (κ1) is 24.5. The van der Waals surface area contributed by atoms with Crippen molar-refractivity contribution in [3.8, 4) is 33.4 Å². The molecule has 0 heterocycles. The lowest BCUT2D eigenvalue weighted by atomic mass is 10.00. The minimum atomic E-state index is 1.13. The highest BCUT2D eigenvalue weighted by Gasteiger charge is 2.14. The molecule has 0 N–H and O–H groups in total. The molecule has 0 saturated carbocycles. The average molecular weight is 502 g/mol. The van der Waals surface area contributed by atoms with Crippen molar-refractivity contribution >= 4 is 17.1 Å². The second-order valence-corrected chi connectivity index (χ2v) is 10.1. The Labute approximate surface area is 231 Å². The van der Waals surface area contributed by atoms with Gasteiger partial charge in [-0.3, -0.25) is 0 Å². The van der Waals surface area contributed by atoms with E-state index in [1.54, 1.807) is 0 Å². The number of rotatable bonds is 6. The van der Waals surface area contributed by atoms with Crippen LogP contribution < -0.4 is 4.90 Å².